The van der Waals surface area contributed by atoms with Crippen LogP contribution in [0.2, 0.25) is 0 Å². The highest BCUT2D eigenvalue weighted by molar-refractivity contribution is 4.53. The van der Waals surface area contributed by atoms with Gasteiger partial charge in [-0.1, -0.05) is 167 Å². The lowest BCUT2D eigenvalue weighted by atomic mass is 10.0. The van der Waals surface area contributed by atoms with Crippen LogP contribution >= 0.6 is 0 Å². The molecule has 0 atom stereocenters. The van der Waals surface area contributed by atoms with E-state index < -0.39 is 0 Å². The second-order valence-electron chi connectivity index (χ2n) is 9.94. The van der Waals surface area contributed by atoms with E-state index in [2.05, 4.69) is 6.92 Å². The summed E-state index contributed by atoms with van der Waals surface area (Å²) in [4.78, 5) is 0. The third-order valence-electron chi connectivity index (χ3n) is 6.64. The topological polar surface area (TPSA) is 52.0 Å². The first-order chi connectivity index (χ1) is 14.8. The van der Waals surface area contributed by atoms with Crippen LogP contribution in [-0.4, -0.2) is 6.17 Å². The number of hydrogen-bond donors (Lipinski definition) is 2. The maximum absolute atomic E-state index is 5.57. The van der Waals surface area contributed by atoms with Gasteiger partial charge >= 0.3 is 0 Å². The van der Waals surface area contributed by atoms with Gasteiger partial charge in [-0.15, -0.1) is 0 Å². The van der Waals surface area contributed by atoms with Gasteiger partial charge in [-0.2, -0.15) is 0 Å². The molecule has 0 heterocycles. The van der Waals surface area contributed by atoms with Gasteiger partial charge < -0.3 is 11.5 Å². The van der Waals surface area contributed by atoms with Crippen LogP contribution in [0, 0.1) is 0 Å². The molecule has 0 aliphatic rings. The summed E-state index contributed by atoms with van der Waals surface area (Å²) < 4.78 is 0. The smallest absolute Gasteiger partial charge is 0.0520 e. The van der Waals surface area contributed by atoms with Crippen molar-refractivity contribution >= 4 is 0 Å². The molecule has 182 valence electrons. The Labute approximate surface area is 191 Å². The SMILES string of the molecule is CCCCCCCCCCCCCCCCCCCCCCCCCCCC(N)N. The molecule has 0 saturated heterocycles. The van der Waals surface area contributed by atoms with Gasteiger partial charge in [0, 0.05) is 0 Å². The second-order valence-corrected chi connectivity index (χ2v) is 9.94. The molecule has 0 aliphatic heterocycles. The van der Waals surface area contributed by atoms with Crippen LogP contribution in [0.1, 0.15) is 174 Å². The summed E-state index contributed by atoms with van der Waals surface area (Å²) in [6.07, 6.45) is 36.9. The normalized spacial score (nSPS) is 11.6. The molecule has 0 spiro atoms. The van der Waals surface area contributed by atoms with Crippen molar-refractivity contribution < 1.29 is 0 Å². The predicted octanol–water partition coefficient (Wildman–Crippen LogP) is 9.39. The molecule has 0 aromatic carbocycles. The van der Waals surface area contributed by atoms with Gasteiger partial charge in [-0.25, -0.2) is 0 Å². The van der Waals surface area contributed by atoms with E-state index in [9.17, 15) is 0 Å². The van der Waals surface area contributed by atoms with Crippen molar-refractivity contribution in [1.82, 2.24) is 0 Å². The molecule has 30 heavy (non-hydrogen) atoms. The molecular weight excluding hydrogens is 364 g/mol. The van der Waals surface area contributed by atoms with E-state index >= 15 is 0 Å². The average molecular weight is 425 g/mol. The van der Waals surface area contributed by atoms with Crippen LogP contribution in [0.5, 0.6) is 0 Å². The molecule has 0 unspecified atom stereocenters. The average Bonchev–Trinajstić information content (AvgIpc) is 2.73. The second kappa shape index (κ2) is 27.0. The van der Waals surface area contributed by atoms with Gasteiger partial charge in [0.15, 0.2) is 0 Å². The minimum absolute atomic E-state index is 0.102. The predicted molar refractivity (Wildman–Crippen MR) is 138 cm³/mol. The first-order valence-corrected chi connectivity index (χ1v) is 14.3. The molecule has 2 heteroatoms. The molecule has 0 bridgehead atoms. The monoisotopic (exact) mass is 424 g/mol. The van der Waals surface area contributed by atoms with Gasteiger partial charge in [0.1, 0.15) is 0 Å². The third-order valence-corrected chi connectivity index (χ3v) is 6.64. The van der Waals surface area contributed by atoms with Crippen LogP contribution in [0.25, 0.3) is 0 Å². The van der Waals surface area contributed by atoms with Gasteiger partial charge in [-0.05, 0) is 6.42 Å². The van der Waals surface area contributed by atoms with E-state index in [4.69, 9.17) is 11.5 Å². The fraction of sp³-hybridized carbons (Fsp3) is 1.00. The minimum Gasteiger partial charge on any atom is -0.316 e. The van der Waals surface area contributed by atoms with Gasteiger partial charge in [0.05, 0.1) is 6.17 Å². The molecule has 0 saturated carbocycles. The Bertz CT molecular complexity index is 290. The van der Waals surface area contributed by atoms with E-state index in [1.807, 2.05) is 0 Å². The molecule has 4 N–H and O–H groups in total. The Morgan fingerprint density at radius 2 is 0.533 bits per heavy atom. The van der Waals surface area contributed by atoms with Crippen LogP contribution in [-0.2, 0) is 0 Å². The zero-order chi connectivity index (χ0) is 22.0. The van der Waals surface area contributed by atoms with Crippen molar-refractivity contribution in [2.45, 2.75) is 180 Å². The third kappa shape index (κ3) is 27.9. The quantitative estimate of drug-likeness (QED) is 0.107. The van der Waals surface area contributed by atoms with Gasteiger partial charge in [-0.3, -0.25) is 0 Å². The standard InChI is InChI=1S/C28H60N2/c1-2-3-4-5-6-7-8-9-10-11-12-13-14-15-16-17-18-19-20-21-22-23-24-25-26-27-28(29)30/h28H,2-27,29-30H2,1H3. The number of rotatable bonds is 26. The van der Waals surface area contributed by atoms with E-state index in [1.54, 1.807) is 0 Å². The summed E-state index contributed by atoms with van der Waals surface area (Å²) in [5.41, 5.74) is 11.1. The molecule has 0 aromatic heterocycles. The lowest BCUT2D eigenvalue weighted by Crippen LogP contribution is -2.29. The Kier molecular flexibility index (Phi) is 26.9. The fourth-order valence-electron chi connectivity index (χ4n) is 4.52. The highest BCUT2D eigenvalue weighted by Gasteiger charge is 1.97. The number of hydrogen-bond acceptors (Lipinski definition) is 2. The zero-order valence-corrected chi connectivity index (χ0v) is 21.1. The minimum atomic E-state index is -0.102. The van der Waals surface area contributed by atoms with E-state index in [0.29, 0.717) is 0 Å². The lowest BCUT2D eigenvalue weighted by molar-refractivity contribution is 0.511. The van der Waals surface area contributed by atoms with Crippen molar-refractivity contribution in [3.05, 3.63) is 0 Å². The summed E-state index contributed by atoms with van der Waals surface area (Å²) in [7, 11) is 0. The molecule has 0 aromatic rings. The zero-order valence-electron chi connectivity index (χ0n) is 21.1. The molecule has 0 amide bonds. The van der Waals surface area contributed by atoms with Crippen LogP contribution in [0.4, 0.5) is 0 Å². The van der Waals surface area contributed by atoms with Crippen molar-refractivity contribution in [3.63, 3.8) is 0 Å². The number of nitrogens with two attached hydrogens (primary N) is 2. The summed E-state index contributed by atoms with van der Waals surface area (Å²) in [5.74, 6) is 0. The maximum Gasteiger partial charge on any atom is 0.0520 e. The summed E-state index contributed by atoms with van der Waals surface area (Å²) in [6.45, 7) is 2.30. The Balaban J connectivity index is 2.99. The first-order valence-electron chi connectivity index (χ1n) is 14.3. The lowest BCUT2D eigenvalue weighted by Gasteiger charge is -2.05. The number of unbranched alkanes of at least 4 members (excludes halogenated alkanes) is 24. The Morgan fingerprint density at radius 1 is 0.333 bits per heavy atom. The highest BCUT2D eigenvalue weighted by atomic mass is 14.8. The largest absolute Gasteiger partial charge is 0.316 e. The van der Waals surface area contributed by atoms with Crippen LogP contribution in [0.15, 0.2) is 0 Å². The molecular formula is C28H60N2. The molecule has 0 aliphatic carbocycles. The maximum atomic E-state index is 5.57. The van der Waals surface area contributed by atoms with Crippen LogP contribution in [0.3, 0.4) is 0 Å². The van der Waals surface area contributed by atoms with Crippen molar-refractivity contribution in [2.75, 3.05) is 0 Å². The molecule has 0 fully saturated rings. The Morgan fingerprint density at radius 3 is 0.733 bits per heavy atom. The first kappa shape index (κ1) is 29.9. The summed E-state index contributed by atoms with van der Waals surface area (Å²) in [6, 6.07) is 0. The van der Waals surface area contributed by atoms with E-state index in [0.717, 1.165) is 6.42 Å². The molecule has 2 nitrogen and oxygen atoms in total. The summed E-state index contributed by atoms with van der Waals surface area (Å²) in [5, 5.41) is 0. The van der Waals surface area contributed by atoms with Crippen molar-refractivity contribution in [1.29, 1.82) is 0 Å². The van der Waals surface area contributed by atoms with Crippen molar-refractivity contribution in [3.8, 4) is 0 Å². The van der Waals surface area contributed by atoms with Gasteiger partial charge in [0.25, 0.3) is 0 Å². The summed E-state index contributed by atoms with van der Waals surface area (Å²) >= 11 is 0. The van der Waals surface area contributed by atoms with E-state index in [1.165, 1.54) is 161 Å². The molecule has 0 rings (SSSR count). The fourth-order valence-corrected chi connectivity index (χ4v) is 4.52. The highest BCUT2D eigenvalue weighted by Crippen LogP contribution is 2.15. The van der Waals surface area contributed by atoms with Gasteiger partial charge in [0.2, 0.25) is 0 Å². The van der Waals surface area contributed by atoms with E-state index in [-0.39, 0.29) is 6.17 Å². The Hall–Kier alpha value is -0.0800. The van der Waals surface area contributed by atoms with Crippen LogP contribution < -0.4 is 11.5 Å². The van der Waals surface area contributed by atoms with Crippen molar-refractivity contribution in [2.24, 2.45) is 11.5 Å². The molecule has 0 radical (unpaired) electrons.